The van der Waals surface area contributed by atoms with E-state index in [1.807, 2.05) is 24.3 Å². The first-order valence-electron chi connectivity index (χ1n) is 9.40. The second kappa shape index (κ2) is 9.73. The molecule has 0 atom stereocenters. The van der Waals surface area contributed by atoms with E-state index in [0.717, 1.165) is 29.0 Å². The van der Waals surface area contributed by atoms with Gasteiger partial charge in [-0.15, -0.1) is 11.3 Å². The SMILES string of the molecule is COc1ccccc1CCNC(=O)c1sccc1NC(=O)c1ccc(O)c(C(F)(F)F)c1. The number of amides is 2. The third kappa shape index (κ3) is 5.38. The molecule has 2 amide bonds. The minimum absolute atomic E-state index is 0.177. The van der Waals surface area contributed by atoms with Crippen molar-refractivity contribution >= 4 is 28.8 Å². The van der Waals surface area contributed by atoms with Crippen molar-refractivity contribution in [2.45, 2.75) is 12.6 Å². The molecule has 3 aromatic rings. The quantitative estimate of drug-likeness (QED) is 0.473. The van der Waals surface area contributed by atoms with Crippen molar-refractivity contribution in [3.63, 3.8) is 0 Å². The summed E-state index contributed by atoms with van der Waals surface area (Å²) in [6.45, 7) is 0.317. The molecule has 0 spiro atoms. The van der Waals surface area contributed by atoms with Crippen LogP contribution in [0, 0.1) is 0 Å². The van der Waals surface area contributed by atoms with E-state index in [9.17, 15) is 27.9 Å². The number of ether oxygens (including phenoxy) is 1. The molecule has 10 heteroatoms. The Labute approximate surface area is 185 Å². The first kappa shape index (κ1) is 23.1. The van der Waals surface area contributed by atoms with E-state index < -0.39 is 29.3 Å². The molecule has 0 saturated heterocycles. The highest BCUT2D eigenvalue weighted by atomic mass is 32.1. The largest absolute Gasteiger partial charge is 0.507 e. The summed E-state index contributed by atoms with van der Waals surface area (Å²) in [5.74, 6) is -1.53. The summed E-state index contributed by atoms with van der Waals surface area (Å²) in [7, 11) is 1.56. The molecule has 1 aromatic heterocycles. The number of phenols is 1. The van der Waals surface area contributed by atoms with Gasteiger partial charge in [0.2, 0.25) is 0 Å². The summed E-state index contributed by atoms with van der Waals surface area (Å²) in [6.07, 6.45) is -4.29. The summed E-state index contributed by atoms with van der Waals surface area (Å²) in [5, 5.41) is 16.2. The van der Waals surface area contributed by atoms with E-state index in [0.29, 0.717) is 24.8 Å². The Morgan fingerprint density at radius 3 is 2.56 bits per heavy atom. The molecular formula is C22H19F3N2O4S. The average Bonchev–Trinajstić information content (AvgIpc) is 3.21. The molecule has 0 bridgehead atoms. The maximum absolute atomic E-state index is 13.0. The Kier molecular flexibility index (Phi) is 7.04. The van der Waals surface area contributed by atoms with Crippen LogP contribution in [-0.4, -0.2) is 30.6 Å². The molecule has 3 rings (SSSR count). The van der Waals surface area contributed by atoms with E-state index in [1.54, 1.807) is 12.5 Å². The number of halogens is 3. The van der Waals surface area contributed by atoms with Crippen molar-refractivity contribution in [2.24, 2.45) is 0 Å². The molecule has 1 heterocycles. The van der Waals surface area contributed by atoms with E-state index in [2.05, 4.69) is 10.6 Å². The summed E-state index contributed by atoms with van der Waals surface area (Å²) in [6, 6.07) is 11.3. The molecule has 0 aliphatic carbocycles. The fraction of sp³-hybridized carbons (Fsp3) is 0.182. The van der Waals surface area contributed by atoms with Gasteiger partial charge in [0.25, 0.3) is 11.8 Å². The van der Waals surface area contributed by atoms with Gasteiger partial charge in [0, 0.05) is 12.1 Å². The number of para-hydroxylation sites is 1. The number of alkyl halides is 3. The van der Waals surface area contributed by atoms with Gasteiger partial charge in [-0.3, -0.25) is 9.59 Å². The van der Waals surface area contributed by atoms with Crippen LogP contribution in [0.1, 0.15) is 31.2 Å². The summed E-state index contributed by atoms with van der Waals surface area (Å²) in [4.78, 5) is 25.2. The fourth-order valence-electron chi connectivity index (χ4n) is 2.98. The highest BCUT2D eigenvalue weighted by molar-refractivity contribution is 7.12. The first-order chi connectivity index (χ1) is 15.2. The number of methoxy groups -OCH3 is 1. The smallest absolute Gasteiger partial charge is 0.419 e. The van der Waals surface area contributed by atoms with Crippen LogP contribution in [0.2, 0.25) is 0 Å². The van der Waals surface area contributed by atoms with Gasteiger partial charge in [0.05, 0.1) is 18.4 Å². The number of aromatic hydroxyl groups is 1. The molecule has 168 valence electrons. The first-order valence-corrected chi connectivity index (χ1v) is 10.3. The highest BCUT2D eigenvalue weighted by Crippen LogP contribution is 2.36. The van der Waals surface area contributed by atoms with Crippen LogP contribution in [0.4, 0.5) is 18.9 Å². The zero-order valence-corrected chi connectivity index (χ0v) is 17.6. The van der Waals surface area contributed by atoms with Crippen molar-refractivity contribution < 1.29 is 32.6 Å². The Bertz CT molecular complexity index is 1130. The Morgan fingerprint density at radius 2 is 1.84 bits per heavy atom. The molecule has 0 saturated carbocycles. The lowest BCUT2D eigenvalue weighted by atomic mass is 10.1. The van der Waals surface area contributed by atoms with Gasteiger partial charge in [-0.2, -0.15) is 13.2 Å². The van der Waals surface area contributed by atoms with Gasteiger partial charge >= 0.3 is 6.18 Å². The Morgan fingerprint density at radius 1 is 1.09 bits per heavy atom. The van der Waals surface area contributed by atoms with Gasteiger partial charge in [-0.05, 0) is 47.7 Å². The van der Waals surface area contributed by atoms with Crippen LogP contribution in [0.3, 0.4) is 0 Å². The molecule has 0 aliphatic rings. The van der Waals surface area contributed by atoms with Crippen molar-refractivity contribution in [1.29, 1.82) is 0 Å². The molecule has 6 nitrogen and oxygen atoms in total. The number of hydrogen-bond donors (Lipinski definition) is 3. The minimum atomic E-state index is -4.81. The van der Waals surface area contributed by atoms with Gasteiger partial charge in [0.15, 0.2) is 0 Å². The molecular weight excluding hydrogens is 445 g/mol. The topological polar surface area (TPSA) is 87.7 Å². The molecule has 32 heavy (non-hydrogen) atoms. The number of carbonyl (C=O) groups is 2. The highest BCUT2D eigenvalue weighted by Gasteiger charge is 2.34. The molecule has 0 radical (unpaired) electrons. The van der Waals surface area contributed by atoms with Crippen molar-refractivity contribution in [1.82, 2.24) is 5.32 Å². The fourth-order valence-corrected chi connectivity index (χ4v) is 3.75. The standard InChI is InChI=1S/C22H19F3N2O4S/c1-31-18-5-3-2-4-13(18)8-10-26-21(30)19-16(9-11-32-19)27-20(29)14-6-7-17(28)15(12-14)22(23,24)25/h2-7,9,11-12,28H,8,10H2,1H3,(H,26,30)(H,27,29). The number of hydrogen-bond acceptors (Lipinski definition) is 5. The lowest BCUT2D eigenvalue weighted by molar-refractivity contribution is -0.138. The van der Waals surface area contributed by atoms with Crippen molar-refractivity contribution in [3.05, 3.63) is 75.5 Å². The summed E-state index contributed by atoms with van der Waals surface area (Å²) >= 11 is 1.09. The van der Waals surface area contributed by atoms with Crippen LogP contribution in [0.15, 0.2) is 53.9 Å². The molecule has 0 unspecified atom stereocenters. The van der Waals surface area contributed by atoms with E-state index >= 15 is 0 Å². The van der Waals surface area contributed by atoms with Crippen LogP contribution >= 0.6 is 11.3 Å². The van der Waals surface area contributed by atoms with Crippen molar-refractivity contribution in [2.75, 3.05) is 19.0 Å². The Hall–Kier alpha value is -3.53. The third-order valence-corrected chi connectivity index (χ3v) is 5.47. The van der Waals surface area contributed by atoms with Crippen LogP contribution in [0.25, 0.3) is 0 Å². The lowest BCUT2D eigenvalue weighted by Gasteiger charge is -2.12. The number of rotatable bonds is 7. The predicted octanol–water partition coefficient (Wildman–Crippen LogP) is 4.71. The number of benzene rings is 2. The maximum atomic E-state index is 13.0. The molecule has 0 fully saturated rings. The maximum Gasteiger partial charge on any atom is 0.419 e. The van der Waals surface area contributed by atoms with Crippen LogP contribution in [-0.2, 0) is 12.6 Å². The number of nitrogens with one attached hydrogen (secondary N) is 2. The van der Waals surface area contributed by atoms with E-state index in [4.69, 9.17) is 4.74 Å². The minimum Gasteiger partial charge on any atom is -0.507 e. The second-order valence-corrected chi connectivity index (χ2v) is 7.58. The van der Waals surface area contributed by atoms with E-state index in [1.165, 1.54) is 6.07 Å². The van der Waals surface area contributed by atoms with Gasteiger partial charge in [0.1, 0.15) is 16.4 Å². The van der Waals surface area contributed by atoms with Crippen molar-refractivity contribution in [3.8, 4) is 11.5 Å². The summed E-state index contributed by atoms with van der Waals surface area (Å²) in [5.41, 5.74) is -0.520. The summed E-state index contributed by atoms with van der Waals surface area (Å²) < 4.78 is 44.2. The van der Waals surface area contributed by atoms with Gasteiger partial charge in [-0.25, -0.2) is 0 Å². The zero-order valence-electron chi connectivity index (χ0n) is 16.8. The zero-order chi connectivity index (χ0) is 23.3. The number of phenolic OH excluding ortho intramolecular Hbond substituents is 1. The average molecular weight is 464 g/mol. The number of carbonyl (C=O) groups excluding carboxylic acids is 2. The second-order valence-electron chi connectivity index (χ2n) is 6.66. The lowest BCUT2D eigenvalue weighted by Crippen LogP contribution is -2.26. The molecule has 3 N–H and O–H groups in total. The monoisotopic (exact) mass is 464 g/mol. The van der Waals surface area contributed by atoms with Crippen LogP contribution < -0.4 is 15.4 Å². The van der Waals surface area contributed by atoms with Gasteiger partial charge < -0.3 is 20.5 Å². The predicted molar refractivity (Wildman–Crippen MR) is 114 cm³/mol. The van der Waals surface area contributed by atoms with Crippen LogP contribution in [0.5, 0.6) is 11.5 Å². The number of anilines is 1. The molecule has 2 aromatic carbocycles. The normalized spacial score (nSPS) is 11.1. The Balaban J connectivity index is 1.66. The third-order valence-electron chi connectivity index (χ3n) is 4.56. The van der Waals surface area contributed by atoms with E-state index in [-0.39, 0.29) is 16.1 Å². The number of thiophene rings is 1. The van der Waals surface area contributed by atoms with Gasteiger partial charge in [-0.1, -0.05) is 18.2 Å². The molecule has 0 aliphatic heterocycles.